The summed E-state index contributed by atoms with van der Waals surface area (Å²) in [5.74, 6) is 0.0979. The van der Waals surface area contributed by atoms with E-state index in [-0.39, 0.29) is 35.2 Å². The minimum atomic E-state index is -0.299. The summed E-state index contributed by atoms with van der Waals surface area (Å²) in [4.78, 5) is 0. The lowest BCUT2D eigenvalue weighted by Gasteiger charge is -2.25. The summed E-state index contributed by atoms with van der Waals surface area (Å²) >= 11 is 0. The van der Waals surface area contributed by atoms with Crippen LogP contribution in [0.4, 0.5) is 0 Å². The number of hydrogen-bond donors (Lipinski definition) is 0. The highest BCUT2D eigenvalue weighted by Crippen LogP contribution is 2.53. The molecule has 22 rings (SSSR count). The van der Waals surface area contributed by atoms with Crippen LogP contribution in [-0.4, -0.2) is 35.6 Å². The molecule has 117 heavy (non-hydrogen) atoms. The molecule has 0 saturated carbocycles. The summed E-state index contributed by atoms with van der Waals surface area (Å²) < 4.78 is 28.2. The van der Waals surface area contributed by atoms with Gasteiger partial charge in [-0.1, -0.05) is 319 Å². The highest BCUT2D eigenvalue weighted by Gasteiger charge is 2.38. The van der Waals surface area contributed by atoms with Gasteiger partial charge in [0.2, 0.25) is 0 Å². The van der Waals surface area contributed by atoms with Crippen molar-refractivity contribution in [3.63, 3.8) is 0 Å². The Balaban J connectivity index is 0.599. The lowest BCUT2D eigenvalue weighted by Crippen LogP contribution is -2.16. The van der Waals surface area contributed by atoms with Crippen LogP contribution >= 0.6 is 0 Å². The molecule has 2 unspecified atom stereocenters. The predicted molar refractivity (Wildman–Crippen MR) is 479 cm³/mol. The van der Waals surface area contributed by atoms with Crippen LogP contribution in [0.2, 0.25) is 0 Å². The van der Waals surface area contributed by atoms with Gasteiger partial charge in [-0.15, -0.1) is 0 Å². The van der Waals surface area contributed by atoms with Crippen molar-refractivity contribution >= 4 is 43.6 Å². The molecule has 2 aliphatic carbocycles. The average molecular weight is 1510 g/mol. The van der Waals surface area contributed by atoms with E-state index in [0.717, 1.165) is 45.6 Å². The molecule has 564 valence electrons. The summed E-state index contributed by atoms with van der Waals surface area (Å²) in [6, 6.07) is 137. The van der Waals surface area contributed by atoms with Crippen molar-refractivity contribution in [3.8, 4) is 89.3 Å². The van der Waals surface area contributed by atoms with Gasteiger partial charge in [-0.3, -0.25) is 0 Å². The molecule has 4 aliphatic rings. The maximum Gasteiger partial charge on any atom is 0.184 e. The van der Waals surface area contributed by atoms with E-state index in [9.17, 15) is 0 Å². The molecule has 4 heterocycles. The Morgan fingerprint density at radius 1 is 0.265 bits per heavy atom. The highest BCUT2D eigenvalue weighted by molar-refractivity contribution is 6.14. The quantitative estimate of drug-likeness (QED) is 0.0905. The Morgan fingerprint density at radius 2 is 0.564 bits per heavy atom. The van der Waals surface area contributed by atoms with Gasteiger partial charge >= 0.3 is 0 Å². The summed E-state index contributed by atoms with van der Waals surface area (Å²) in [5, 5.41) is 4.83. The van der Waals surface area contributed by atoms with Gasteiger partial charge in [0.25, 0.3) is 0 Å². The van der Waals surface area contributed by atoms with Crippen molar-refractivity contribution < 1.29 is 18.9 Å². The SMILES string of the molecule is CC1(C)c2ccccc2-c2ccc(C(Cc3ccc(-c4ccc5c(c4)c4cc(-c6ccc7c(c6)c6cc(-c8ccc(C(c9ccc(-c%10ccc(C%11OCCO%11)cc%10)cc9)c9ccc%10c(c9)C(C)(C)c9ccccc9-%10)cc8)ccc6n7-c6ccccc6)ccc4n5-c4ccccc4)cc3)c3ccc(-c4ccc(C5OCCO5)cc4)cc3)cc21. The van der Waals surface area contributed by atoms with Crippen molar-refractivity contribution in [2.24, 2.45) is 0 Å². The second kappa shape index (κ2) is 28.5. The van der Waals surface area contributed by atoms with Crippen LogP contribution in [0.1, 0.15) is 119 Å². The zero-order valence-electron chi connectivity index (χ0n) is 66.0. The normalized spacial score (nSPS) is 15.3. The lowest BCUT2D eigenvalue weighted by molar-refractivity contribution is -0.0443. The third kappa shape index (κ3) is 12.2. The smallest absolute Gasteiger partial charge is 0.184 e. The van der Waals surface area contributed by atoms with E-state index in [4.69, 9.17) is 18.9 Å². The van der Waals surface area contributed by atoms with E-state index in [2.05, 4.69) is 401 Å². The van der Waals surface area contributed by atoms with Crippen LogP contribution in [0.25, 0.3) is 133 Å². The minimum absolute atomic E-state index is 0.0168. The standard InChI is InChI=1S/C111H86N2O4/c1-110(2)99-21-13-11-19-90(99)92-53-47-86(68-101(92)110)94(77-37-27-71(28-38-77)73-33-43-80(44-34-73)108-114-59-60-115-108)63-70-23-25-75(26-24-70)82-49-55-103-95(64-82)97-66-84(51-57-105(97)112(103)88-15-7-5-8-16-88)85-52-58-106-98(67-85)96-65-83(50-56-104(96)113(106)89-17-9-6-10-18-89)76-31-41-79(42-32-76)107(87-48-54-93-91-20-12-14-22-100(91)111(3,4)102(93)69-87)78-39-29-72(30-40-78)74-35-45-81(46-36-74)109-116-61-62-117-109/h5-58,64-69,94,107-109H,59-63H2,1-4H3. The molecule has 0 amide bonds. The number of ether oxygens (including phenoxy) is 4. The maximum absolute atomic E-state index is 5.82. The fourth-order valence-corrected chi connectivity index (χ4v) is 19.8. The minimum Gasteiger partial charge on any atom is -0.346 e. The number of benzene rings is 16. The van der Waals surface area contributed by atoms with E-state index in [1.165, 1.54) is 160 Å². The summed E-state index contributed by atoms with van der Waals surface area (Å²) in [7, 11) is 0. The molecule has 0 spiro atoms. The lowest BCUT2D eigenvalue weighted by atomic mass is 9.79. The number of nitrogens with zero attached hydrogens (tertiary/aromatic N) is 2. The van der Waals surface area contributed by atoms with E-state index in [1.54, 1.807) is 0 Å². The third-order valence-corrected chi connectivity index (χ3v) is 26.0. The fourth-order valence-electron chi connectivity index (χ4n) is 19.8. The number of hydrogen-bond acceptors (Lipinski definition) is 4. The van der Waals surface area contributed by atoms with Crippen molar-refractivity contribution in [2.75, 3.05) is 26.4 Å². The Hall–Kier alpha value is -13.0. The Kier molecular flexibility index (Phi) is 17.2. The molecule has 0 N–H and O–H groups in total. The number of para-hydroxylation sites is 2. The molecule has 0 radical (unpaired) electrons. The first-order valence-corrected chi connectivity index (χ1v) is 41.3. The molecular formula is C111H86N2O4. The number of rotatable bonds is 16. The first kappa shape index (κ1) is 70.6. The van der Waals surface area contributed by atoms with Gasteiger partial charge in [0, 0.05) is 66.7 Å². The van der Waals surface area contributed by atoms with Gasteiger partial charge in [-0.05, 0) is 213 Å². The van der Waals surface area contributed by atoms with Gasteiger partial charge in [-0.2, -0.15) is 0 Å². The Labute approximate surface area is 683 Å². The van der Waals surface area contributed by atoms with Crippen LogP contribution in [0.5, 0.6) is 0 Å². The van der Waals surface area contributed by atoms with Crippen molar-refractivity contribution in [1.82, 2.24) is 9.13 Å². The van der Waals surface area contributed by atoms with Gasteiger partial charge in [0.1, 0.15) is 0 Å². The summed E-state index contributed by atoms with van der Waals surface area (Å²) in [5.41, 5.74) is 39.0. The van der Waals surface area contributed by atoms with Crippen LogP contribution < -0.4 is 0 Å². The van der Waals surface area contributed by atoms with E-state index < -0.39 is 0 Å². The van der Waals surface area contributed by atoms with Crippen LogP contribution in [0.15, 0.2) is 364 Å². The molecule has 2 atom stereocenters. The molecular weight excluding hydrogens is 1430 g/mol. The van der Waals surface area contributed by atoms with Gasteiger partial charge in [-0.25, -0.2) is 0 Å². The molecule has 2 aromatic heterocycles. The molecule has 6 heteroatoms. The third-order valence-electron chi connectivity index (χ3n) is 26.0. The maximum atomic E-state index is 5.82. The Bertz CT molecular complexity index is 6860. The second-order valence-corrected chi connectivity index (χ2v) is 33.4. The zero-order valence-corrected chi connectivity index (χ0v) is 66.0. The number of aromatic nitrogens is 2. The highest BCUT2D eigenvalue weighted by atomic mass is 16.7. The van der Waals surface area contributed by atoms with Crippen molar-refractivity contribution in [3.05, 3.63) is 431 Å². The molecule has 16 aromatic carbocycles. The van der Waals surface area contributed by atoms with E-state index in [0.29, 0.717) is 26.4 Å². The van der Waals surface area contributed by atoms with Gasteiger partial charge < -0.3 is 28.1 Å². The zero-order chi connectivity index (χ0) is 78.0. The second-order valence-electron chi connectivity index (χ2n) is 33.4. The van der Waals surface area contributed by atoms with Gasteiger partial charge in [0.15, 0.2) is 12.6 Å². The number of fused-ring (bicyclic) bond motifs is 12. The molecule has 2 aliphatic heterocycles. The average Bonchev–Trinajstić information content (AvgIpc) is 1.64. The summed E-state index contributed by atoms with van der Waals surface area (Å²) in [6.07, 6.45) is 0.254. The van der Waals surface area contributed by atoms with Crippen molar-refractivity contribution in [1.29, 1.82) is 0 Å². The first-order valence-electron chi connectivity index (χ1n) is 41.3. The van der Waals surface area contributed by atoms with Crippen molar-refractivity contribution in [2.45, 2.75) is 69.4 Å². The predicted octanol–water partition coefficient (Wildman–Crippen LogP) is 27.5. The summed E-state index contributed by atoms with van der Waals surface area (Å²) in [6.45, 7) is 12.0. The molecule has 0 bridgehead atoms. The van der Waals surface area contributed by atoms with E-state index in [1.807, 2.05) is 0 Å². The van der Waals surface area contributed by atoms with E-state index >= 15 is 0 Å². The van der Waals surface area contributed by atoms with Gasteiger partial charge in [0.05, 0.1) is 48.5 Å². The molecule has 6 nitrogen and oxygen atoms in total. The monoisotopic (exact) mass is 1510 g/mol. The molecule has 2 fully saturated rings. The first-order chi connectivity index (χ1) is 57.5. The fraction of sp³-hybridized carbons (Fsp3) is 0.135. The largest absolute Gasteiger partial charge is 0.346 e. The molecule has 18 aromatic rings. The molecule has 2 saturated heterocycles. The van der Waals surface area contributed by atoms with Crippen LogP contribution in [0, 0.1) is 0 Å². The Morgan fingerprint density at radius 3 is 0.966 bits per heavy atom. The topological polar surface area (TPSA) is 46.8 Å². The van der Waals surface area contributed by atoms with Crippen LogP contribution in [0.3, 0.4) is 0 Å². The van der Waals surface area contributed by atoms with Crippen LogP contribution in [-0.2, 0) is 36.2 Å².